The Balaban J connectivity index is 1.77. The van der Waals surface area contributed by atoms with Gasteiger partial charge in [0.2, 0.25) is 5.91 Å². The number of hydrogen-bond donors (Lipinski definition) is 2. The zero-order chi connectivity index (χ0) is 18.7. The largest absolute Gasteiger partial charge is 0.371 e. The molecular weight excluding hydrogens is 324 g/mol. The van der Waals surface area contributed by atoms with Gasteiger partial charge in [0.15, 0.2) is 0 Å². The fourth-order valence-electron chi connectivity index (χ4n) is 2.91. The molecule has 1 heterocycles. The number of carbonyl (C=O) groups excluding carboxylic acids is 1. The molecule has 0 saturated carbocycles. The minimum absolute atomic E-state index is 0.0782. The molecule has 0 spiro atoms. The van der Waals surface area contributed by atoms with Gasteiger partial charge in [-0.3, -0.25) is 4.79 Å². The molecule has 1 aromatic heterocycles. The molecule has 1 unspecified atom stereocenters. The van der Waals surface area contributed by atoms with Crippen molar-refractivity contribution < 1.29 is 4.79 Å². The number of anilines is 2. The van der Waals surface area contributed by atoms with Gasteiger partial charge in [-0.2, -0.15) is 5.10 Å². The van der Waals surface area contributed by atoms with E-state index in [0.717, 1.165) is 34.0 Å². The number of nitrogens with zero attached hydrogens (tertiary/aromatic N) is 2. The van der Waals surface area contributed by atoms with Crippen molar-refractivity contribution >= 4 is 17.3 Å². The van der Waals surface area contributed by atoms with E-state index < -0.39 is 0 Å². The van der Waals surface area contributed by atoms with Crippen LogP contribution in [0.2, 0.25) is 0 Å². The van der Waals surface area contributed by atoms with Crippen molar-refractivity contribution in [2.45, 2.75) is 33.7 Å². The molecule has 1 atom stereocenters. The molecule has 0 bridgehead atoms. The number of benzene rings is 2. The van der Waals surface area contributed by atoms with Gasteiger partial charge in [0.25, 0.3) is 0 Å². The summed E-state index contributed by atoms with van der Waals surface area (Å²) in [4.78, 5) is 12.6. The highest BCUT2D eigenvalue weighted by Gasteiger charge is 2.19. The van der Waals surface area contributed by atoms with Crippen molar-refractivity contribution in [3.63, 3.8) is 0 Å². The van der Waals surface area contributed by atoms with Crippen molar-refractivity contribution in [1.29, 1.82) is 0 Å². The highest BCUT2D eigenvalue weighted by Crippen LogP contribution is 2.24. The standard InChI is InChI=1S/C21H24N4O/c1-14-10-8-9-13-19(14)23-21(26)16(3)22-20-15(2)24-25(17(20)4)18-11-6-5-7-12-18/h5-13,16,22H,1-4H3,(H,23,26). The average Bonchev–Trinajstić information content (AvgIpc) is 2.92. The Labute approximate surface area is 154 Å². The Morgan fingerprint density at radius 3 is 2.35 bits per heavy atom. The lowest BCUT2D eigenvalue weighted by atomic mass is 10.2. The third-order valence-electron chi connectivity index (χ3n) is 4.45. The molecule has 5 heteroatoms. The molecule has 1 amide bonds. The molecule has 3 rings (SSSR count). The molecule has 0 saturated heterocycles. The van der Waals surface area contributed by atoms with Crippen LogP contribution < -0.4 is 10.6 Å². The molecule has 0 aliphatic heterocycles. The van der Waals surface area contributed by atoms with Crippen LogP contribution in [0.1, 0.15) is 23.9 Å². The lowest BCUT2D eigenvalue weighted by Gasteiger charge is -2.16. The second-order valence-corrected chi connectivity index (χ2v) is 6.46. The summed E-state index contributed by atoms with van der Waals surface area (Å²) in [5.41, 5.74) is 5.60. The Morgan fingerprint density at radius 2 is 1.65 bits per heavy atom. The molecule has 2 N–H and O–H groups in total. The summed E-state index contributed by atoms with van der Waals surface area (Å²) in [6, 6.07) is 17.3. The van der Waals surface area contributed by atoms with E-state index in [1.165, 1.54) is 0 Å². The van der Waals surface area contributed by atoms with Crippen molar-refractivity contribution in [1.82, 2.24) is 9.78 Å². The van der Waals surface area contributed by atoms with Crippen LogP contribution in [0.5, 0.6) is 0 Å². The number of aryl methyl sites for hydroxylation is 2. The quantitative estimate of drug-likeness (QED) is 0.725. The van der Waals surface area contributed by atoms with E-state index in [9.17, 15) is 4.79 Å². The predicted octanol–water partition coefficient (Wildman–Crippen LogP) is 4.24. The first kappa shape index (κ1) is 17.7. The minimum atomic E-state index is -0.388. The second-order valence-electron chi connectivity index (χ2n) is 6.46. The Morgan fingerprint density at radius 1 is 1.00 bits per heavy atom. The van der Waals surface area contributed by atoms with Crippen LogP contribution in [-0.4, -0.2) is 21.7 Å². The van der Waals surface area contributed by atoms with Crippen LogP contribution in [-0.2, 0) is 4.79 Å². The summed E-state index contributed by atoms with van der Waals surface area (Å²) in [5, 5.41) is 10.9. The molecular formula is C21H24N4O. The van der Waals surface area contributed by atoms with E-state index in [2.05, 4.69) is 15.7 Å². The zero-order valence-electron chi connectivity index (χ0n) is 15.6. The summed E-state index contributed by atoms with van der Waals surface area (Å²) in [7, 11) is 0. The summed E-state index contributed by atoms with van der Waals surface area (Å²) in [5.74, 6) is -0.0782. The number of aromatic nitrogens is 2. The van der Waals surface area contributed by atoms with Crippen molar-refractivity contribution in [3.05, 3.63) is 71.5 Å². The van der Waals surface area contributed by atoms with E-state index in [1.54, 1.807) is 0 Å². The Bertz CT molecular complexity index is 915. The van der Waals surface area contributed by atoms with Crippen molar-refractivity contribution in [2.24, 2.45) is 0 Å². The van der Waals surface area contributed by atoms with Crippen LogP contribution in [0.4, 0.5) is 11.4 Å². The summed E-state index contributed by atoms with van der Waals surface area (Å²) in [6.45, 7) is 7.78. The number of hydrogen-bond acceptors (Lipinski definition) is 3. The summed E-state index contributed by atoms with van der Waals surface area (Å²) in [6.07, 6.45) is 0. The maximum Gasteiger partial charge on any atom is 0.246 e. The smallest absolute Gasteiger partial charge is 0.246 e. The third-order valence-corrected chi connectivity index (χ3v) is 4.45. The highest BCUT2D eigenvalue weighted by molar-refractivity contribution is 5.97. The van der Waals surface area contributed by atoms with Crippen LogP contribution in [0, 0.1) is 20.8 Å². The number of carbonyl (C=O) groups is 1. The summed E-state index contributed by atoms with van der Waals surface area (Å²) >= 11 is 0. The van der Waals surface area contributed by atoms with E-state index in [-0.39, 0.29) is 11.9 Å². The van der Waals surface area contributed by atoms with E-state index in [0.29, 0.717) is 0 Å². The first-order valence-corrected chi connectivity index (χ1v) is 8.72. The van der Waals surface area contributed by atoms with Gasteiger partial charge in [0.05, 0.1) is 22.8 Å². The SMILES string of the molecule is Cc1ccccc1NC(=O)C(C)Nc1c(C)nn(-c2ccccc2)c1C. The molecule has 134 valence electrons. The lowest BCUT2D eigenvalue weighted by molar-refractivity contribution is -0.116. The molecule has 0 aliphatic rings. The average molecular weight is 348 g/mol. The maximum absolute atomic E-state index is 12.6. The molecule has 0 aliphatic carbocycles. The van der Waals surface area contributed by atoms with Gasteiger partial charge in [0.1, 0.15) is 6.04 Å². The van der Waals surface area contributed by atoms with E-state index in [1.807, 2.05) is 87.0 Å². The first-order valence-electron chi connectivity index (χ1n) is 8.72. The normalized spacial score (nSPS) is 11.8. The van der Waals surface area contributed by atoms with Crippen LogP contribution in [0.25, 0.3) is 5.69 Å². The van der Waals surface area contributed by atoms with Gasteiger partial charge in [-0.1, -0.05) is 36.4 Å². The number of amides is 1. The molecule has 5 nitrogen and oxygen atoms in total. The second kappa shape index (κ2) is 7.44. The lowest BCUT2D eigenvalue weighted by Crippen LogP contribution is -2.32. The van der Waals surface area contributed by atoms with E-state index >= 15 is 0 Å². The number of para-hydroxylation sites is 2. The van der Waals surface area contributed by atoms with Gasteiger partial charge in [-0.05, 0) is 51.5 Å². The molecule has 0 radical (unpaired) electrons. The van der Waals surface area contributed by atoms with Gasteiger partial charge < -0.3 is 10.6 Å². The van der Waals surface area contributed by atoms with Crippen LogP contribution in [0.15, 0.2) is 54.6 Å². The van der Waals surface area contributed by atoms with E-state index in [4.69, 9.17) is 0 Å². The maximum atomic E-state index is 12.6. The molecule has 26 heavy (non-hydrogen) atoms. The summed E-state index contributed by atoms with van der Waals surface area (Å²) < 4.78 is 1.89. The first-order chi connectivity index (χ1) is 12.5. The van der Waals surface area contributed by atoms with Crippen LogP contribution in [0.3, 0.4) is 0 Å². The highest BCUT2D eigenvalue weighted by atomic mass is 16.2. The molecule has 3 aromatic rings. The Kier molecular flexibility index (Phi) is 5.07. The van der Waals surface area contributed by atoms with Gasteiger partial charge in [-0.25, -0.2) is 4.68 Å². The minimum Gasteiger partial charge on any atom is -0.371 e. The Hall–Kier alpha value is -3.08. The molecule has 2 aromatic carbocycles. The third kappa shape index (κ3) is 3.61. The predicted molar refractivity (Wildman–Crippen MR) is 106 cm³/mol. The number of rotatable bonds is 5. The van der Waals surface area contributed by atoms with Crippen molar-refractivity contribution in [2.75, 3.05) is 10.6 Å². The zero-order valence-corrected chi connectivity index (χ0v) is 15.6. The van der Waals surface area contributed by atoms with Gasteiger partial charge >= 0.3 is 0 Å². The number of nitrogens with one attached hydrogen (secondary N) is 2. The topological polar surface area (TPSA) is 59.0 Å². The van der Waals surface area contributed by atoms with Gasteiger partial charge in [0, 0.05) is 5.69 Å². The van der Waals surface area contributed by atoms with Crippen molar-refractivity contribution in [3.8, 4) is 5.69 Å². The van der Waals surface area contributed by atoms with Gasteiger partial charge in [-0.15, -0.1) is 0 Å². The monoisotopic (exact) mass is 348 g/mol. The fraction of sp³-hybridized carbons (Fsp3) is 0.238. The molecule has 0 fully saturated rings. The van der Waals surface area contributed by atoms with Crippen LogP contribution >= 0.6 is 0 Å². The fourth-order valence-corrected chi connectivity index (χ4v) is 2.91.